The van der Waals surface area contributed by atoms with E-state index in [1.54, 1.807) is 37.3 Å². The van der Waals surface area contributed by atoms with Crippen molar-refractivity contribution in [3.63, 3.8) is 0 Å². The van der Waals surface area contributed by atoms with Gasteiger partial charge in [0.15, 0.2) is 0 Å². The first-order valence-electron chi connectivity index (χ1n) is 11.0. The molecule has 2 aromatic heterocycles. The number of nitrogens with one attached hydrogen (secondary N) is 1. The van der Waals surface area contributed by atoms with E-state index in [0.29, 0.717) is 35.6 Å². The number of Topliss-reactive ketones (excluding diaryl/α,β-unsaturated/α-hetero) is 1. The maximum atomic E-state index is 13.3. The van der Waals surface area contributed by atoms with Crippen molar-refractivity contribution < 1.29 is 23.8 Å². The Bertz CT molecular complexity index is 1530. The van der Waals surface area contributed by atoms with Crippen molar-refractivity contribution in [1.29, 1.82) is 0 Å². The number of aromatic nitrogens is 2. The van der Waals surface area contributed by atoms with Gasteiger partial charge in [-0.2, -0.15) is 0 Å². The summed E-state index contributed by atoms with van der Waals surface area (Å²) in [6.07, 6.45) is 0.712. The molecule has 2 aliphatic heterocycles. The Morgan fingerprint density at radius 2 is 1.97 bits per heavy atom. The second-order valence-corrected chi connectivity index (χ2v) is 8.62. The maximum absolute atomic E-state index is 13.3. The normalized spacial score (nSPS) is 19.1. The Hall–Kier alpha value is -4.33. The van der Waals surface area contributed by atoms with E-state index >= 15 is 0 Å². The molecule has 2 aromatic carbocycles. The van der Waals surface area contributed by atoms with Gasteiger partial charge in [-0.05, 0) is 67.4 Å². The standard InChI is InChI=1S/C26H21N3O5/c1-13-3-6-17-18(11-13)28-26(27-17)29-22(20-7-4-14(2)34-20)21(24(31)25(29)32)23(30)16-5-8-19-15(12-16)9-10-33-19/h3-8,11-12,22,30H,9-10H2,1-2H3,(H,27,28)/b23-21+. The van der Waals surface area contributed by atoms with Crippen molar-refractivity contribution in [2.75, 3.05) is 11.5 Å². The number of aliphatic hydroxyl groups is 1. The Kier molecular flexibility index (Phi) is 4.38. The van der Waals surface area contributed by atoms with Crippen molar-refractivity contribution in [3.05, 3.63) is 82.3 Å². The summed E-state index contributed by atoms with van der Waals surface area (Å²) in [5, 5.41) is 11.3. The fraction of sp³-hybridized carbons (Fsp3) is 0.192. The first kappa shape index (κ1) is 20.3. The van der Waals surface area contributed by atoms with Crippen LogP contribution in [0.2, 0.25) is 0 Å². The first-order chi connectivity index (χ1) is 16.4. The van der Waals surface area contributed by atoms with Crippen LogP contribution >= 0.6 is 0 Å². The van der Waals surface area contributed by atoms with Gasteiger partial charge in [0.2, 0.25) is 5.95 Å². The van der Waals surface area contributed by atoms with Gasteiger partial charge in [-0.15, -0.1) is 0 Å². The third kappa shape index (κ3) is 3.02. The molecule has 170 valence electrons. The molecule has 8 heteroatoms. The molecule has 0 saturated carbocycles. The molecular formula is C26H21N3O5. The minimum atomic E-state index is -0.972. The highest BCUT2D eigenvalue weighted by Crippen LogP contribution is 2.42. The quantitative estimate of drug-likeness (QED) is 0.270. The monoisotopic (exact) mass is 455 g/mol. The molecule has 0 aliphatic carbocycles. The predicted octanol–water partition coefficient (Wildman–Crippen LogP) is 4.33. The van der Waals surface area contributed by atoms with Crippen LogP contribution in [-0.2, 0) is 16.0 Å². The lowest BCUT2D eigenvalue weighted by Crippen LogP contribution is -2.30. The van der Waals surface area contributed by atoms with Crippen LogP contribution in [0.15, 0.2) is 58.5 Å². The molecule has 4 heterocycles. The average Bonchev–Trinajstić information content (AvgIpc) is 3.59. The molecule has 2 aliphatic rings. The summed E-state index contributed by atoms with van der Waals surface area (Å²) in [6.45, 7) is 4.31. The number of aromatic amines is 1. The molecule has 1 fully saturated rings. The number of carbonyl (C=O) groups is 2. The smallest absolute Gasteiger partial charge is 0.302 e. The second kappa shape index (κ2) is 7.34. The topological polar surface area (TPSA) is 109 Å². The number of furan rings is 1. The van der Waals surface area contributed by atoms with Crippen LogP contribution < -0.4 is 9.64 Å². The minimum absolute atomic E-state index is 0.0464. The number of ketones is 1. The van der Waals surface area contributed by atoms with Gasteiger partial charge in [0.25, 0.3) is 5.78 Å². The Morgan fingerprint density at radius 3 is 2.76 bits per heavy atom. The Morgan fingerprint density at radius 1 is 1.12 bits per heavy atom. The van der Waals surface area contributed by atoms with Crippen molar-refractivity contribution in [3.8, 4) is 5.75 Å². The van der Waals surface area contributed by atoms with Crippen molar-refractivity contribution >= 4 is 34.4 Å². The summed E-state index contributed by atoms with van der Waals surface area (Å²) in [5.41, 5.74) is 3.77. The fourth-order valence-corrected chi connectivity index (χ4v) is 4.63. The molecule has 8 nitrogen and oxygen atoms in total. The van der Waals surface area contributed by atoms with Crippen LogP contribution in [0.3, 0.4) is 0 Å². The molecule has 1 amide bonds. The molecule has 34 heavy (non-hydrogen) atoms. The highest BCUT2D eigenvalue weighted by molar-refractivity contribution is 6.51. The largest absolute Gasteiger partial charge is 0.507 e. The van der Waals surface area contributed by atoms with Gasteiger partial charge in [-0.25, -0.2) is 4.98 Å². The number of hydrogen-bond acceptors (Lipinski definition) is 6. The fourth-order valence-electron chi connectivity index (χ4n) is 4.63. The summed E-state index contributed by atoms with van der Waals surface area (Å²) in [4.78, 5) is 35.5. The van der Waals surface area contributed by atoms with Crippen LogP contribution in [0.1, 0.15) is 34.3 Å². The third-order valence-electron chi connectivity index (χ3n) is 6.29. The number of fused-ring (bicyclic) bond motifs is 2. The highest BCUT2D eigenvalue weighted by Gasteiger charge is 2.49. The predicted molar refractivity (Wildman–Crippen MR) is 125 cm³/mol. The van der Waals surface area contributed by atoms with Gasteiger partial charge >= 0.3 is 5.91 Å². The average molecular weight is 455 g/mol. The number of H-pyrrole nitrogens is 1. The van der Waals surface area contributed by atoms with Gasteiger partial charge < -0.3 is 19.2 Å². The molecule has 1 atom stereocenters. The lowest BCUT2D eigenvalue weighted by atomic mass is 9.98. The van der Waals surface area contributed by atoms with E-state index in [9.17, 15) is 14.7 Å². The molecule has 6 rings (SSSR count). The zero-order valence-electron chi connectivity index (χ0n) is 18.6. The van der Waals surface area contributed by atoms with Crippen molar-refractivity contribution in [2.24, 2.45) is 0 Å². The Labute approximate surface area is 194 Å². The molecule has 2 N–H and O–H groups in total. The van der Waals surface area contributed by atoms with Crippen LogP contribution in [0.5, 0.6) is 5.75 Å². The summed E-state index contributed by atoms with van der Waals surface area (Å²) in [6, 6.07) is 13.4. The van der Waals surface area contributed by atoms with Crippen LogP contribution in [0.4, 0.5) is 5.95 Å². The summed E-state index contributed by atoms with van der Waals surface area (Å²) in [5.74, 6) is 0.0955. The van der Waals surface area contributed by atoms with E-state index in [-0.39, 0.29) is 17.3 Å². The number of aryl methyl sites for hydroxylation is 2. The number of nitrogens with zero attached hydrogens (tertiary/aromatic N) is 2. The van der Waals surface area contributed by atoms with Crippen molar-refractivity contribution in [2.45, 2.75) is 26.3 Å². The number of hydrogen-bond donors (Lipinski definition) is 2. The third-order valence-corrected chi connectivity index (χ3v) is 6.29. The number of imidazole rings is 1. The number of ether oxygens (including phenoxy) is 1. The van der Waals surface area contributed by atoms with Crippen LogP contribution in [-0.4, -0.2) is 33.4 Å². The zero-order chi connectivity index (χ0) is 23.6. The second-order valence-electron chi connectivity index (χ2n) is 8.62. The maximum Gasteiger partial charge on any atom is 0.302 e. The lowest BCUT2D eigenvalue weighted by Gasteiger charge is -2.20. The minimum Gasteiger partial charge on any atom is -0.507 e. The molecule has 4 aromatic rings. The zero-order valence-corrected chi connectivity index (χ0v) is 18.6. The first-order valence-corrected chi connectivity index (χ1v) is 11.0. The van der Waals surface area contributed by atoms with Crippen LogP contribution in [0.25, 0.3) is 16.8 Å². The van der Waals surface area contributed by atoms with Crippen molar-refractivity contribution in [1.82, 2.24) is 9.97 Å². The van der Waals surface area contributed by atoms with Gasteiger partial charge in [0, 0.05) is 12.0 Å². The summed E-state index contributed by atoms with van der Waals surface area (Å²) in [7, 11) is 0. The number of rotatable bonds is 3. The van der Waals surface area contributed by atoms with Gasteiger partial charge in [0.05, 0.1) is 23.2 Å². The van der Waals surface area contributed by atoms with Gasteiger partial charge in [0.1, 0.15) is 29.1 Å². The molecular weight excluding hydrogens is 434 g/mol. The number of anilines is 1. The summed E-state index contributed by atoms with van der Waals surface area (Å²) >= 11 is 0. The van der Waals surface area contributed by atoms with E-state index in [4.69, 9.17) is 9.15 Å². The van der Waals surface area contributed by atoms with Gasteiger partial charge in [-0.1, -0.05) is 6.07 Å². The molecule has 0 spiro atoms. The summed E-state index contributed by atoms with van der Waals surface area (Å²) < 4.78 is 11.4. The van der Waals surface area contributed by atoms with E-state index in [2.05, 4.69) is 9.97 Å². The Balaban J connectivity index is 1.54. The number of amides is 1. The van der Waals surface area contributed by atoms with E-state index in [1.165, 1.54) is 4.90 Å². The van der Waals surface area contributed by atoms with Crippen LogP contribution in [0, 0.1) is 13.8 Å². The molecule has 0 radical (unpaired) electrons. The van der Waals surface area contributed by atoms with E-state index < -0.39 is 17.7 Å². The number of carbonyl (C=O) groups excluding carboxylic acids is 2. The highest BCUT2D eigenvalue weighted by atomic mass is 16.5. The lowest BCUT2D eigenvalue weighted by molar-refractivity contribution is -0.132. The molecule has 0 bridgehead atoms. The SMILES string of the molecule is Cc1ccc2nc(N3C(=O)C(=O)/C(=C(/O)c4ccc5c(c4)CCO5)C3c3ccc(C)o3)[nH]c2c1. The number of aliphatic hydroxyl groups excluding tert-OH is 1. The molecule has 1 saturated heterocycles. The van der Waals surface area contributed by atoms with Gasteiger partial charge in [-0.3, -0.25) is 14.5 Å². The van der Waals surface area contributed by atoms with E-state index in [0.717, 1.165) is 22.4 Å². The van der Waals surface area contributed by atoms with E-state index in [1.807, 2.05) is 25.1 Å². The number of benzene rings is 2. The molecule has 1 unspecified atom stereocenters.